The van der Waals surface area contributed by atoms with Crippen LogP contribution in [0.1, 0.15) is 38.2 Å². The second kappa shape index (κ2) is 11.7. The Morgan fingerprint density at radius 1 is 1.31 bits per heavy atom. The fraction of sp³-hybridized carbons (Fsp3) is 0.500. The van der Waals surface area contributed by atoms with Gasteiger partial charge in [-0.05, 0) is 44.2 Å². The van der Waals surface area contributed by atoms with Gasteiger partial charge in [-0.3, -0.25) is 14.9 Å². The highest BCUT2D eigenvalue weighted by Gasteiger charge is 2.27. The molecule has 1 aliphatic rings. The highest BCUT2D eigenvalue weighted by molar-refractivity contribution is 14.0. The molecule has 0 unspecified atom stereocenters. The van der Waals surface area contributed by atoms with Crippen molar-refractivity contribution < 1.29 is 9.53 Å². The lowest BCUT2D eigenvalue weighted by molar-refractivity contribution is -0.149. The lowest BCUT2D eigenvalue weighted by Gasteiger charge is -2.29. The van der Waals surface area contributed by atoms with Crippen LogP contribution in [0.25, 0.3) is 11.4 Å². The molecule has 0 spiro atoms. The lowest BCUT2D eigenvalue weighted by Crippen LogP contribution is -2.45. The maximum atomic E-state index is 11.9. The summed E-state index contributed by atoms with van der Waals surface area (Å²) in [5, 5.41) is 13.6. The van der Waals surface area contributed by atoms with Gasteiger partial charge in [-0.1, -0.05) is 18.2 Å². The first kappa shape index (κ1) is 23.1. The van der Waals surface area contributed by atoms with E-state index in [4.69, 9.17) is 4.74 Å². The van der Waals surface area contributed by atoms with E-state index >= 15 is 0 Å². The van der Waals surface area contributed by atoms with Crippen molar-refractivity contribution in [2.24, 2.45) is 10.9 Å². The van der Waals surface area contributed by atoms with E-state index in [9.17, 15) is 4.79 Å². The molecule has 3 rings (SSSR count). The molecule has 0 bridgehead atoms. The van der Waals surface area contributed by atoms with Gasteiger partial charge in [0, 0.05) is 25.2 Å². The van der Waals surface area contributed by atoms with Gasteiger partial charge in [0.15, 0.2) is 11.8 Å². The summed E-state index contributed by atoms with van der Waals surface area (Å²) < 4.78 is 5.14. The summed E-state index contributed by atoms with van der Waals surface area (Å²) in [5.41, 5.74) is 2.12. The lowest BCUT2D eigenvalue weighted by atomic mass is 9.86. The number of esters is 1. The van der Waals surface area contributed by atoms with E-state index in [1.54, 1.807) is 7.05 Å². The highest BCUT2D eigenvalue weighted by atomic mass is 127. The summed E-state index contributed by atoms with van der Waals surface area (Å²) in [6.45, 7) is 2.95. The van der Waals surface area contributed by atoms with Crippen molar-refractivity contribution in [3.63, 3.8) is 0 Å². The molecule has 29 heavy (non-hydrogen) atoms. The van der Waals surface area contributed by atoms with E-state index < -0.39 is 0 Å². The SMILES string of the molecule is CCOC(=O)C1CCC(NC(=NC)NCc2cccc(-c3ncn[nH]3)c2)CC1.I. The number of guanidine groups is 1. The Morgan fingerprint density at radius 2 is 2.10 bits per heavy atom. The van der Waals surface area contributed by atoms with Gasteiger partial charge in [0.2, 0.25) is 0 Å². The summed E-state index contributed by atoms with van der Waals surface area (Å²) >= 11 is 0. The van der Waals surface area contributed by atoms with Crippen LogP contribution in [0.3, 0.4) is 0 Å². The van der Waals surface area contributed by atoms with Gasteiger partial charge in [-0.2, -0.15) is 5.10 Å². The van der Waals surface area contributed by atoms with E-state index in [0.29, 0.717) is 19.2 Å². The third kappa shape index (κ3) is 6.69. The van der Waals surface area contributed by atoms with Crippen molar-refractivity contribution in [2.45, 2.75) is 45.2 Å². The number of H-pyrrole nitrogens is 1. The minimum absolute atomic E-state index is 0. The van der Waals surface area contributed by atoms with Gasteiger partial charge in [0.25, 0.3) is 0 Å². The largest absolute Gasteiger partial charge is 0.466 e. The Balaban J connectivity index is 0.00000300. The van der Waals surface area contributed by atoms with E-state index in [0.717, 1.165) is 48.6 Å². The summed E-state index contributed by atoms with van der Waals surface area (Å²) in [6.07, 6.45) is 5.08. The zero-order chi connectivity index (χ0) is 19.8. The van der Waals surface area contributed by atoms with E-state index in [1.807, 2.05) is 19.1 Å². The van der Waals surface area contributed by atoms with Crippen LogP contribution < -0.4 is 10.6 Å². The summed E-state index contributed by atoms with van der Waals surface area (Å²) in [6, 6.07) is 8.45. The molecule has 1 fully saturated rings. The van der Waals surface area contributed by atoms with Crippen LogP contribution in [0.4, 0.5) is 0 Å². The molecule has 1 aromatic carbocycles. The first-order chi connectivity index (χ1) is 13.7. The van der Waals surface area contributed by atoms with E-state index in [2.05, 4.69) is 42.9 Å². The molecule has 1 aromatic heterocycles. The number of ether oxygens (including phenoxy) is 1. The number of rotatable bonds is 6. The number of aliphatic imine (C=N–C) groups is 1. The number of nitrogens with one attached hydrogen (secondary N) is 3. The van der Waals surface area contributed by atoms with Crippen molar-refractivity contribution >= 4 is 35.9 Å². The van der Waals surface area contributed by atoms with Gasteiger partial charge in [-0.15, -0.1) is 24.0 Å². The van der Waals surface area contributed by atoms with E-state index in [1.165, 1.54) is 6.33 Å². The average Bonchev–Trinajstić information content (AvgIpc) is 3.27. The molecule has 0 amide bonds. The van der Waals surface area contributed by atoms with Gasteiger partial charge < -0.3 is 15.4 Å². The summed E-state index contributed by atoms with van der Waals surface area (Å²) in [4.78, 5) is 20.4. The monoisotopic (exact) mass is 512 g/mol. The van der Waals surface area contributed by atoms with Crippen molar-refractivity contribution in [1.29, 1.82) is 0 Å². The quantitative estimate of drug-likeness (QED) is 0.238. The number of aromatic amines is 1. The Hall–Kier alpha value is -2.17. The van der Waals surface area contributed by atoms with Crippen molar-refractivity contribution in [2.75, 3.05) is 13.7 Å². The first-order valence-electron chi connectivity index (χ1n) is 9.78. The summed E-state index contributed by atoms with van der Waals surface area (Å²) in [7, 11) is 1.77. The predicted molar refractivity (Wildman–Crippen MR) is 123 cm³/mol. The van der Waals surface area contributed by atoms with Crippen molar-refractivity contribution in [1.82, 2.24) is 25.8 Å². The predicted octanol–water partition coefficient (Wildman–Crippen LogP) is 2.88. The molecule has 9 heteroatoms. The minimum Gasteiger partial charge on any atom is -0.466 e. The zero-order valence-corrected chi connectivity index (χ0v) is 19.2. The molecule has 2 aromatic rings. The highest BCUT2D eigenvalue weighted by Crippen LogP contribution is 2.25. The Labute approximate surface area is 188 Å². The number of hydrogen-bond acceptors (Lipinski definition) is 5. The van der Waals surface area contributed by atoms with Gasteiger partial charge >= 0.3 is 5.97 Å². The van der Waals surface area contributed by atoms with Crippen LogP contribution in [0.15, 0.2) is 35.6 Å². The van der Waals surface area contributed by atoms with Crippen LogP contribution >= 0.6 is 24.0 Å². The molecule has 1 aliphatic carbocycles. The molecule has 0 saturated heterocycles. The Bertz CT molecular complexity index is 788. The molecule has 0 atom stereocenters. The summed E-state index contributed by atoms with van der Waals surface area (Å²) in [5.74, 6) is 1.49. The maximum Gasteiger partial charge on any atom is 0.308 e. The Kier molecular flexibility index (Phi) is 9.36. The van der Waals surface area contributed by atoms with Crippen LogP contribution in [-0.2, 0) is 16.1 Å². The number of benzene rings is 1. The fourth-order valence-electron chi connectivity index (χ4n) is 3.48. The second-order valence-electron chi connectivity index (χ2n) is 6.91. The molecular formula is C20H29IN6O2. The normalized spacial score (nSPS) is 19.2. The van der Waals surface area contributed by atoms with Crippen LogP contribution in [0.5, 0.6) is 0 Å². The standard InChI is InChI=1S/C20H28N6O2.HI/c1-3-28-19(27)15-7-9-17(10-8-15)25-20(21-2)22-12-14-5-4-6-16(11-14)18-23-13-24-26-18;/h4-6,11,13,15,17H,3,7-10,12H2,1-2H3,(H2,21,22,25)(H,23,24,26);1H. The number of carbonyl (C=O) groups is 1. The molecule has 0 aliphatic heterocycles. The van der Waals surface area contributed by atoms with Gasteiger partial charge in [-0.25, -0.2) is 4.98 Å². The van der Waals surface area contributed by atoms with Crippen molar-refractivity contribution in [3.05, 3.63) is 36.2 Å². The molecule has 3 N–H and O–H groups in total. The van der Waals surface area contributed by atoms with Crippen LogP contribution in [0, 0.1) is 5.92 Å². The van der Waals surface area contributed by atoms with Crippen LogP contribution in [0.2, 0.25) is 0 Å². The smallest absolute Gasteiger partial charge is 0.308 e. The zero-order valence-electron chi connectivity index (χ0n) is 16.9. The number of halogens is 1. The number of aromatic nitrogens is 3. The fourth-order valence-corrected chi connectivity index (χ4v) is 3.48. The second-order valence-corrected chi connectivity index (χ2v) is 6.91. The number of nitrogens with zero attached hydrogens (tertiary/aromatic N) is 3. The molecule has 158 valence electrons. The van der Waals surface area contributed by atoms with E-state index in [-0.39, 0.29) is 35.9 Å². The topological polar surface area (TPSA) is 104 Å². The number of hydrogen-bond donors (Lipinski definition) is 3. The molecule has 8 nitrogen and oxygen atoms in total. The van der Waals surface area contributed by atoms with Gasteiger partial charge in [0.1, 0.15) is 6.33 Å². The minimum atomic E-state index is -0.0601. The van der Waals surface area contributed by atoms with Crippen molar-refractivity contribution in [3.8, 4) is 11.4 Å². The molecule has 1 saturated carbocycles. The average molecular weight is 512 g/mol. The molecule has 1 heterocycles. The van der Waals surface area contributed by atoms with Gasteiger partial charge in [0.05, 0.1) is 12.5 Å². The number of carbonyl (C=O) groups excluding carboxylic acids is 1. The van der Waals surface area contributed by atoms with Crippen LogP contribution in [-0.4, -0.2) is 46.8 Å². The Morgan fingerprint density at radius 3 is 2.76 bits per heavy atom. The maximum absolute atomic E-state index is 11.9. The molecule has 0 radical (unpaired) electrons. The molecular weight excluding hydrogens is 483 g/mol. The third-order valence-electron chi connectivity index (χ3n) is 4.99. The third-order valence-corrected chi connectivity index (χ3v) is 4.99. The first-order valence-corrected chi connectivity index (χ1v) is 9.78.